The van der Waals surface area contributed by atoms with Gasteiger partial charge in [-0.3, -0.25) is 14.4 Å². The highest BCUT2D eigenvalue weighted by Crippen LogP contribution is 2.36. The monoisotopic (exact) mass is 970 g/mol. The van der Waals surface area contributed by atoms with Crippen molar-refractivity contribution in [2.75, 3.05) is 56.6 Å². The average molecular weight is 971 g/mol. The molecule has 17 heteroatoms. The van der Waals surface area contributed by atoms with Crippen LogP contribution in [0.3, 0.4) is 0 Å². The molecule has 6 aromatic rings. The fraction of sp³-hybridized carbons (Fsp3) is 0.222. The van der Waals surface area contributed by atoms with Crippen LogP contribution in [0.2, 0.25) is 0 Å². The molecule has 2 amide bonds. The van der Waals surface area contributed by atoms with Crippen LogP contribution in [0.25, 0.3) is 22.3 Å². The predicted molar refractivity (Wildman–Crippen MR) is 267 cm³/mol. The van der Waals surface area contributed by atoms with Gasteiger partial charge in [0.1, 0.15) is 36.2 Å². The SMILES string of the molecule is COC(=O)/C=[N+](\[O-])Cc1cccc(-c2ccc(C(=O)N(C)C)cc2)c1OCc1ccc(OC)cc1.COC(=O)C=O.COc1ccc(COc2c(CNO)cccc2-c2ccc(C(=O)N(C)C)cc2)cc1. The number of methoxy groups -OCH3 is 4. The van der Waals surface area contributed by atoms with Crippen molar-refractivity contribution in [2.45, 2.75) is 26.3 Å². The Bertz CT molecular complexity index is 2720. The van der Waals surface area contributed by atoms with Crippen LogP contribution < -0.4 is 24.4 Å². The minimum atomic E-state index is -0.838. The van der Waals surface area contributed by atoms with E-state index in [0.717, 1.165) is 63.8 Å². The molecular weight excluding hydrogens is 913 g/mol. The van der Waals surface area contributed by atoms with E-state index in [1.54, 1.807) is 65.5 Å². The van der Waals surface area contributed by atoms with Gasteiger partial charge in [0.15, 0.2) is 6.54 Å². The molecule has 0 unspecified atom stereocenters. The minimum absolute atomic E-state index is 0.0456. The van der Waals surface area contributed by atoms with Gasteiger partial charge < -0.3 is 48.6 Å². The molecule has 0 radical (unpaired) electrons. The lowest BCUT2D eigenvalue weighted by molar-refractivity contribution is -0.469. The maximum absolute atomic E-state index is 12.4. The molecule has 0 aliphatic rings. The zero-order valence-electron chi connectivity index (χ0n) is 40.9. The normalized spacial score (nSPS) is 10.5. The van der Waals surface area contributed by atoms with E-state index < -0.39 is 11.9 Å². The zero-order chi connectivity index (χ0) is 51.9. The van der Waals surface area contributed by atoms with Crippen molar-refractivity contribution in [1.82, 2.24) is 15.3 Å². The third-order valence-electron chi connectivity index (χ3n) is 10.3. The van der Waals surface area contributed by atoms with Gasteiger partial charge in [0.05, 0.1) is 34.0 Å². The Morgan fingerprint density at radius 3 is 1.34 bits per heavy atom. The lowest BCUT2D eigenvalue weighted by Gasteiger charge is -2.17. The Kier molecular flexibility index (Phi) is 21.8. The number of para-hydroxylation sites is 2. The van der Waals surface area contributed by atoms with Gasteiger partial charge in [-0.1, -0.05) is 78.9 Å². The standard InChI is InChI=1S/C27H28N2O6.C24H26N2O4.C3H4O3/c1-28(2)27(31)21-12-10-20(11-13-21)24-7-5-6-22(16-29(32)17-25(30)34-4)26(24)35-18-19-8-14-23(33-3)15-9-19;1-26(2)24(27)19-11-9-18(10-12-19)22-6-4-5-20(15-25-28)23(22)30-16-17-7-13-21(29-3)14-8-17;1-6-3(5)2-4/h5-15,17H,16,18H2,1-4H3;4-14,25,28H,15-16H2,1-3H3;2H,1H3/b29-17-;;. The Labute approximate surface area is 412 Å². The summed E-state index contributed by atoms with van der Waals surface area (Å²) < 4.78 is 31.7. The van der Waals surface area contributed by atoms with E-state index in [1.165, 1.54) is 12.0 Å². The van der Waals surface area contributed by atoms with Crippen LogP contribution in [0.5, 0.6) is 23.0 Å². The van der Waals surface area contributed by atoms with Gasteiger partial charge in [0.2, 0.25) is 6.29 Å². The number of nitrogens with one attached hydrogen (secondary N) is 1. The molecule has 0 fully saturated rings. The second-order valence-corrected chi connectivity index (χ2v) is 15.6. The van der Waals surface area contributed by atoms with Gasteiger partial charge >= 0.3 is 11.9 Å². The summed E-state index contributed by atoms with van der Waals surface area (Å²) in [5.41, 5.74) is 10.1. The van der Waals surface area contributed by atoms with Gasteiger partial charge in [-0.2, -0.15) is 0 Å². The summed E-state index contributed by atoms with van der Waals surface area (Å²) in [4.78, 5) is 57.8. The molecule has 2 N–H and O–H groups in total. The average Bonchev–Trinajstić information content (AvgIpc) is 3.40. The molecule has 0 bridgehead atoms. The van der Waals surface area contributed by atoms with Crippen molar-refractivity contribution in [1.29, 1.82) is 0 Å². The zero-order valence-corrected chi connectivity index (χ0v) is 40.9. The molecule has 6 aromatic carbocycles. The number of aldehydes is 1. The fourth-order valence-electron chi connectivity index (χ4n) is 6.60. The number of carbonyl (C=O) groups is 5. The second-order valence-electron chi connectivity index (χ2n) is 15.6. The first-order chi connectivity index (χ1) is 34.2. The Morgan fingerprint density at radius 1 is 0.577 bits per heavy atom. The van der Waals surface area contributed by atoms with Crippen molar-refractivity contribution in [3.05, 3.63) is 172 Å². The van der Waals surface area contributed by atoms with Crippen molar-refractivity contribution in [2.24, 2.45) is 0 Å². The van der Waals surface area contributed by atoms with Crippen LogP contribution in [0.1, 0.15) is 43.0 Å². The van der Waals surface area contributed by atoms with E-state index in [0.29, 0.717) is 39.5 Å². The number of ether oxygens (including phenoxy) is 6. The summed E-state index contributed by atoms with van der Waals surface area (Å²) in [6, 6.07) is 41.0. The van der Waals surface area contributed by atoms with Crippen LogP contribution in [0.4, 0.5) is 0 Å². The molecule has 0 spiro atoms. The Hall–Kier alpha value is -8.54. The first-order valence-corrected chi connectivity index (χ1v) is 21.8. The summed E-state index contributed by atoms with van der Waals surface area (Å²) >= 11 is 0. The molecule has 0 aromatic heterocycles. The molecule has 71 heavy (non-hydrogen) atoms. The quantitative estimate of drug-likeness (QED) is 0.0164. The summed E-state index contributed by atoms with van der Waals surface area (Å²) in [5.74, 6) is 1.00. The molecule has 0 saturated heterocycles. The van der Waals surface area contributed by atoms with E-state index in [1.807, 2.05) is 115 Å². The molecule has 372 valence electrons. The van der Waals surface area contributed by atoms with Gasteiger partial charge in [-0.05, 0) is 76.9 Å². The maximum Gasteiger partial charge on any atom is 0.396 e. The second kappa shape index (κ2) is 28.1. The molecule has 0 aliphatic heterocycles. The van der Waals surface area contributed by atoms with E-state index >= 15 is 0 Å². The topological polar surface area (TPSA) is 206 Å². The van der Waals surface area contributed by atoms with Crippen LogP contribution in [-0.4, -0.2) is 113 Å². The van der Waals surface area contributed by atoms with E-state index in [-0.39, 0.29) is 37.8 Å². The third kappa shape index (κ3) is 16.6. The molecule has 0 heterocycles. The number of nitrogens with zero attached hydrogens (tertiary/aromatic N) is 3. The lowest BCUT2D eigenvalue weighted by Crippen LogP contribution is -2.21. The number of rotatable bonds is 18. The van der Waals surface area contributed by atoms with Gasteiger partial charge in [0.25, 0.3) is 18.0 Å². The number of benzene rings is 6. The first kappa shape index (κ1) is 55.1. The fourth-order valence-corrected chi connectivity index (χ4v) is 6.60. The van der Waals surface area contributed by atoms with Crippen molar-refractivity contribution in [3.8, 4) is 45.3 Å². The number of esters is 2. The predicted octanol–water partition coefficient (Wildman–Crippen LogP) is 7.38. The molecule has 17 nitrogen and oxygen atoms in total. The van der Waals surface area contributed by atoms with Crippen LogP contribution in [0.15, 0.2) is 133 Å². The summed E-state index contributed by atoms with van der Waals surface area (Å²) in [5, 5.41) is 21.6. The van der Waals surface area contributed by atoms with E-state index in [2.05, 4.69) is 15.0 Å². The number of hydrogen-bond donors (Lipinski definition) is 2. The molecular formula is C54H58N4O13. The highest BCUT2D eigenvalue weighted by Gasteiger charge is 2.18. The summed E-state index contributed by atoms with van der Waals surface area (Å²) in [6.45, 7) is 0.766. The minimum Gasteiger partial charge on any atom is -0.623 e. The Morgan fingerprint density at radius 2 is 0.986 bits per heavy atom. The highest BCUT2D eigenvalue weighted by molar-refractivity contribution is 6.21. The number of hydrogen-bond acceptors (Lipinski definition) is 14. The largest absolute Gasteiger partial charge is 0.623 e. The smallest absolute Gasteiger partial charge is 0.396 e. The van der Waals surface area contributed by atoms with Crippen LogP contribution in [-0.2, 0) is 50.2 Å². The van der Waals surface area contributed by atoms with Crippen molar-refractivity contribution >= 4 is 36.3 Å². The van der Waals surface area contributed by atoms with Crippen molar-refractivity contribution in [3.63, 3.8) is 0 Å². The van der Waals surface area contributed by atoms with E-state index in [9.17, 15) is 34.4 Å². The molecule has 6 rings (SSSR count). The third-order valence-corrected chi connectivity index (χ3v) is 10.3. The van der Waals surface area contributed by atoms with E-state index in [4.69, 9.17) is 18.9 Å². The highest BCUT2D eigenvalue weighted by atomic mass is 16.5. The van der Waals surface area contributed by atoms with Crippen LogP contribution >= 0.6 is 0 Å². The Balaban J connectivity index is 0.000000279. The summed E-state index contributed by atoms with van der Waals surface area (Å²) in [7, 11) is 12.5. The molecule has 0 aliphatic carbocycles. The number of amides is 2. The summed E-state index contributed by atoms with van der Waals surface area (Å²) in [6.07, 6.45) is 0.960. The molecule has 0 atom stereocenters. The first-order valence-electron chi connectivity index (χ1n) is 21.8. The maximum atomic E-state index is 12.4. The van der Waals surface area contributed by atoms with Gasteiger partial charge in [-0.25, -0.2) is 19.8 Å². The van der Waals surface area contributed by atoms with Crippen LogP contribution in [0, 0.1) is 5.21 Å². The molecule has 0 saturated carbocycles. The van der Waals surface area contributed by atoms with Gasteiger partial charge in [-0.15, -0.1) is 0 Å². The van der Waals surface area contributed by atoms with Crippen molar-refractivity contribution < 1.29 is 62.3 Å². The lowest BCUT2D eigenvalue weighted by atomic mass is 9.99. The van der Waals surface area contributed by atoms with Gasteiger partial charge in [0, 0.05) is 62.6 Å². The number of carbonyl (C=O) groups excluding carboxylic acids is 5. The number of hydroxylamine groups is 2.